The summed E-state index contributed by atoms with van der Waals surface area (Å²) < 4.78 is 26.0. The summed E-state index contributed by atoms with van der Waals surface area (Å²) in [6, 6.07) is 15.3. The lowest BCUT2D eigenvalue weighted by Gasteiger charge is -2.33. The molecule has 2 aromatic carbocycles. The van der Waals surface area contributed by atoms with Crippen LogP contribution in [0.1, 0.15) is 38.8 Å². The molecule has 7 nitrogen and oxygen atoms in total. The van der Waals surface area contributed by atoms with Crippen molar-refractivity contribution < 1.29 is 18.0 Å². The van der Waals surface area contributed by atoms with E-state index in [2.05, 4.69) is 5.32 Å². The van der Waals surface area contributed by atoms with Crippen molar-refractivity contribution in [2.24, 2.45) is 0 Å². The van der Waals surface area contributed by atoms with Crippen LogP contribution in [0.2, 0.25) is 0 Å². The van der Waals surface area contributed by atoms with Crippen LogP contribution in [0, 0.1) is 6.92 Å². The zero-order valence-electron chi connectivity index (χ0n) is 19.6. The van der Waals surface area contributed by atoms with Crippen molar-refractivity contribution in [3.8, 4) is 0 Å². The van der Waals surface area contributed by atoms with Crippen LogP contribution >= 0.6 is 0 Å². The Bertz CT molecular complexity index is 1030. The molecule has 0 aromatic heterocycles. The third kappa shape index (κ3) is 7.37. The molecule has 1 atom stereocenters. The van der Waals surface area contributed by atoms with E-state index in [-0.39, 0.29) is 12.5 Å². The Labute approximate surface area is 191 Å². The maximum Gasteiger partial charge on any atom is 0.244 e. The van der Waals surface area contributed by atoms with Crippen LogP contribution in [0.25, 0.3) is 0 Å². The second kappa shape index (κ2) is 10.2. The lowest BCUT2D eigenvalue weighted by molar-refractivity contribution is -0.140. The highest BCUT2D eigenvalue weighted by atomic mass is 32.2. The molecule has 2 aromatic rings. The minimum atomic E-state index is -3.71. The van der Waals surface area contributed by atoms with Crippen molar-refractivity contribution in [3.63, 3.8) is 0 Å². The van der Waals surface area contributed by atoms with E-state index in [0.717, 1.165) is 21.7 Å². The van der Waals surface area contributed by atoms with E-state index < -0.39 is 34.1 Å². The third-order valence-electron chi connectivity index (χ3n) is 4.86. The van der Waals surface area contributed by atoms with Crippen LogP contribution in [0.4, 0.5) is 5.69 Å². The molecule has 1 N–H and O–H groups in total. The van der Waals surface area contributed by atoms with Gasteiger partial charge in [-0.3, -0.25) is 13.9 Å². The van der Waals surface area contributed by atoms with Gasteiger partial charge < -0.3 is 10.2 Å². The van der Waals surface area contributed by atoms with Gasteiger partial charge >= 0.3 is 0 Å². The summed E-state index contributed by atoms with van der Waals surface area (Å²) in [6.07, 6.45) is 1.06. The summed E-state index contributed by atoms with van der Waals surface area (Å²) in [5.41, 5.74) is 1.86. The van der Waals surface area contributed by atoms with E-state index in [4.69, 9.17) is 0 Å². The zero-order valence-corrected chi connectivity index (χ0v) is 20.4. The lowest BCUT2D eigenvalue weighted by Crippen LogP contribution is -2.54. The molecule has 0 saturated carbocycles. The normalized spacial score (nSPS) is 12.7. The van der Waals surface area contributed by atoms with Gasteiger partial charge in [-0.05, 0) is 52.3 Å². The molecule has 0 heterocycles. The average molecular weight is 460 g/mol. The number of hydrogen-bond donors (Lipinski definition) is 1. The number of carbonyl (C=O) groups excluding carboxylic acids is 2. The summed E-state index contributed by atoms with van der Waals surface area (Å²) in [7, 11) is -3.71. The fraction of sp³-hybridized carbons (Fsp3) is 0.417. The van der Waals surface area contributed by atoms with Crippen molar-refractivity contribution in [2.45, 2.75) is 52.7 Å². The Morgan fingerprint density at radius 2 is 1.56 bits per heavy atom. The van der Waals surface area contributed by atoms with Crippen LogP contribution in [-0.2, 0) is 26.2 Å². The standard InChI is InChI=1S/C24H33N3O4S/c1-18-12-14-20(15-13-18)16-26(19(2)23(29)25-24(3,4)5)22(28)17-27(32(6,30)31)21-10-8-7-9-11-21/h7-15,19H,16-17H2,1-6H3,(H,25,29)/t19-/m0/s1. The minimum absolute atomic E-state index is 0.185. The Balaban J connectivity index is 2.36. The van der Waals surface area contributed by atoms with Gasteiger partial charge in [0.2, 0.25) is 21.8 Å². The van der Waals surface area contributed by atoms with Crippen molar-refractivity contribution in [3.05, 3.63) is 65.7 Å². The molecule has 0 saturated heterocycles. The number of amides is 2. The monoisotopic (exact) mass is 459 g/mol. The number of nitrogens with zero attached hydrogens (tertiary/aromatic N) is 2. The molecule has 0 aliphatic heterocycles. The molecule has 8 heteroatoms. The molecule has 0 aliphatic carbocycles. The van der Waals surface area contributed by atoms with Crippen molar-refractivity contribution in [1.82, 2.24) is 10.2 Å². The summed E-state index contributed by atoms with van der Waals surface area (Å²) >= 11 is 0. The molecule has 32 heavy (non-hydrogen) atoms. The Morgan fingerprint density at radius 1 is 1.00 bits per heavy atom. The highest BCUT2D eigenvalue weighted by molar-refractivity contribution is 7.92. The number of aryl methyl sites for hydroxylation is 1. The first-order chi connectivity index (χ1) is 14.8. The molecular formula is C24H33N3O4S. The van der Waals surface area contributed by atoms with Gasteiger partial charge in [-0.2, -0.15) is 0 Å². The predicted octanol–water partition coefficient (Wildman–Crippen LogP) is 3.09. The van der Waals surface area contributed by atoms with Crippen molar-refractivity contribution >= 4 is 27.5 Å². The van der Waals surface area contributed by atoms with Crippen LogP contribution in [-0.4, -0.2) is 49.5 Å². The lowest BCUT2D eigenvalue weighted by atomic mass is 10.1. The summed E-state index contributed by atoms with van der Waals surface area (Å²) in [4.78, 5) is 27.7. The van der Waals surface area contributed by atoms with Gasteiger partial charge in [0.15, 0.2) is 0 Å². The largest absolute Gasteiger partial charge is 0.350 e. The minimum Gasteiger partial charge on any atom is -0.350 e. The highest BCUT2D eigenvalue weighted by Crippen LogP contribution is 2.19. The number of rotatable bonds is 8. The molecule has 0 aliphatic rings. The van der Waals surface area contributed by atoms with Crippen molar-refractivity contribution in [2.75, 3.05) is 17.1 Å². The molecule has 174 valence electrons. The van der Waals surface area contributed by atoms with Gasteiger partial charge in [-0.15, -0.1) is 0 Å². The second-order valence-corrected chi connectivity index (χ2v) is 10.9. The zero-order chi connectivity index (χ0) is 24.1. The Morgan fingerprint density at radius 3 is 2.06 bits per heavy atom. The quantitative estimate of drug-likeness (QED) is 0.657. The molecule has 2 amide bonds. The molecule has 0 radical (unpaired) electrons. The first kappa shape index (κ1) is 25.4. The van der Waals surface area contributed by atoms with Crippen molar-refractivity contribution in [1.29, 1.82) is 0 Å². The van der Waals surface area contributed by atoms with E-state index in [9.17, 15) is 18.0 Å². The summed E-state index contributed by atoms with van der Waals surface area (Å²) in [5, 5.41) is 2.90. The molecule has 2 rings (SSSR count). The molecule has 0 fully saturated rings. The molecule has 0 unspecified atom stereocenters. The predicted molar refractivity (Wildman–Crippen MR) is 128 cm³/mol. The fourth-order valence-corrected chi connectivity index (χ4v) is 4.00. The van der Waals surface area contributed by atoms with Crippen LogP contribution in [0.15, 0.2) is 54.6 Å². The van der Waals surface area contributed by atoms with Gasteiger partial charge in [0, 0.05) is 12.1 Å². The maximum atomic E-state index is 13.4. The van der Waals surface area contributed by atoms with Crippen LogP contribution < -0.4 is 9.62 Å². The smallest absolute Gasteiger partial charge is 0.244 e. The molecular weight excluding hydrogens is 426 g/mol. The highest BCUT2D eigenvalue weighted by Gasteiger charge is 2.31. The van der Waals surface area contributed by atoms with E-state index in [0.29, 0.717) is 5.69 Å². The Kier molecular flexibility index (Phi) is 8.07. The second-order valence-electron chi connectivity index (χ2n) is 9.03. The summed E-state index contributed by atoms with van der Waals surface area (Å²) in [6.45, 7) is 9.00. The molecule has 0 bridgehead atoms. The number of anilines is 1. The van der Waals surface area contributed by atoms with E-state index in [1.165, 1.54) is 4.90 Å². The van der Waals surface area contributed by atoms with Crippen LogP contribution in [0.3, 0.4) is 0 Å². The fourth-order valence-electron chi connectivity index (χ4n) is 3.15. The van der Waals surface area contributed by atoms with Gasteiger partial charge in [0.25, 0.3) is 0 Å². The van der Waals surface area contributed by atoms with E-state index in [1.807, 2.05) is 52.0 Å². The topological polar surface area (TPSA) is 86.8 Å². The average Bonchev–Trinajstić information content (AvgIpc) is 2.69. The number of para-hydroxylation sites is 1. The first-order valence-electron chi connectivity index (χ1n) is 10.5. The van der Waals surface area contributed by atoms with E-state index in [1.54, 1.807) is 37.3 Å². The third-order valence-corrected chi connectivity index (χ3v) is 6.00. The van der Waals surface area contributed by atoms with Gasteiger partial charge in [0.1, 0.15) is 12.6 Å². The number of nitrogens with one attached hydrogen (secondary N) is 1. The van der Waals surface area contributed by atoms with Crippen LogP contribution in [0.5, 0.6) is 0 Å². The van der Waals surface area contributed by atoms with Gasteiger partial charge in [-0.25, -0.2) is 8.42 Å². The Hall–Kier alpha value is -2.87. The number of sulfonamides is 1. The molecule has 0 spiro atoms. The number of benzene rings is 2. The summed E-state index contributed by atoms with van der Waals surface area (Å²) in [5.74, 6) is -0.764. The maximum absolute atomic E-state index is 13.4. The first-order valence-corrected chi connectivity index (χ1v) is 12.3. The van der Waals surface area contributed by atoms with Gasteiger partial charge in [0.05, 0.1) is 11.9 Å². The van der Waals surface area contributed by atoms with Gasteiger partial charge in [-0.1, -0.05) is 48.0 Å². The SMILES string of the molecule is Cc1ccc(CN(C(=O)CN(c2ccccc2)S(C)(=O)=O)[C@@H](C)C(=O)NC(C)(C)C)cc1. The number of hydrogen-bond acceptors (Lipinski definition) is 4. The number of carbonyl (C=O) groups is 2. The van der Waals surface area contributed by atoms with E-state index >= 15 is 0 Å².